The van der Waals surface area contributed by atoms with Gasteiger partial charge in [0.1, 0.15) is 0 Å². The fourth-order valence-electron chi connectivity index (χ4n) is 1.16. The van der Waals surface area contributed by atoms with E-state index in [1.807, 2.05) is 14.0 Å². The van der Waals surface area contributed by atoms with Crippen LogP contribution in [0.5, 0.6) is 0 Å². The van der Waals surface area contributed by atoms with Crippen molar-refractivity contribution >= 4 is 5.91 Å². The standard InChI is InChI=1S/C10H22N2O/c1-8(2)12(6)7-9(3)10(13)11(4)5/h8-9H,7H2,1-6H3. The molecule has 0 rings (SSSR count). The molecular formula is C10H22N2O. The Hall–Kier alpha value is -0.570. The predicted molar refractivity (Wildman–Crippen MR) is 55.6 cm³/mol. The molecule has 0 spiro atoms. The van der Waals surface area contributed by atoms with Crippen LogP contribution < -0.4 is 0 Å². The van der Waals surface area contributed by atoms with Gasteiger partial charge in [0.05, 0.1) is 0 Å². The van der Waals surface area contributed by atoms with E-state index < -0.39 is 0 Å². The van der Waals surface area contributed by atoms with Crippen LogP contribution in [0.4, 0.5) is 0 Å². The smallest absolute Gasteiger partial charge is 0.226 e. The number of carbonyl (C=O) groups is 1. The Kier molecular flexibility index (Phi) is 4.99. The van der Waals surface area contributed by atoms with Crippen LogP contribution in [-0.2, 0) is 4.79 Å². The third-order valence-electron chi connectivity index (χ3n) is 2.31. The Bertz CT molecular complexity index is 166. The highest BCUT2D eigenvalue weighted by Crippen LogP contribution is 2.04. The molecule has 0 saturated heterocycles. The molecule has 0 N–H and O–H groups in total. The van der Waals surface area contributed by atoms with Gasteiger partial charge in [-0.3, -0.25) is 4.79 Å². The zero-order valence-electron chi connectivity index (χ0n) is 9.66. The molecular weight excluding hydrogens is 164 g/mol. The van der Waals surface area contributed by atoms with E-state index in [4.69, 9.17) is 0 Å². The van der Waals surface area contributed by atoms with Gasteiger partial charge in [-0.2, -0.15) is 0 Å². The highest BCUT2D eigenvalue weighted by atomic mass is 16.2. The lowest BCUT2D eigenvalue weighted by Gasteiger charge is -2.25. The highest BCUT2D eigenvalue weighted by Gasteiger charge is 2.17. The summed E-state index contributed by atoms with van der Waals surface area (Å²) in [5, 5.41) is 0. The van der Waals surface area contributed by atoms with E-state index in [2.05, 4.69) is 18.7 Å². The average Bonchev–Trinajstić information content (AvgIpc) is 2.02. The molecule has 13 heavy (non-hydrogen) atoms. The normalized spacial score (nSPS) is 13.5. The first-order valence-electron chi connectivity index (χ1n) is 4.77. The number of carbonyl (C=O) groups excluding carboxylic acids is 1. The topological polar surface area (TPSA) is 23.6 Å². The minimum Gasteiger partial charge on any atom is -0.349 e. The van der Waals surface area contributed by atoms with Crippen LogP contribution >= 0.6 is 0 Å². The Morgan fingerprint density at radius 3 is 1.92 bits per heavy atom. The maximum Gasteiger partial charge on any atom is 0.226 e. The van der Waals surface area contributed by atoms with Gasteiger partial charge < -0.3 is 9.80 Å². The second kappa shape index (κ2) is 5.22. The second-order valence-electron chi connectivity index (χ2n) is 4.17. The molecule has 1 atom stereocenters. The van der Waals surface area contributed by atoms with Crippen LogP contribution in [0.3, 0.4) is 0 Å². The molecule has 0 saturated carbocycles. The maximum absolute atomic E-state index is 11.5. The van der Waals surface area contributed by atoms with Gasteiger partial charge in [0.2, 0.25) is 5.91 Å². The van der Waals surface area contributed by atoms with Crippen molar-refractivity contribution in [1.29, 1.82) is 0 Å². The number of rotatable bonds is 4. The van der Waals surface area contributed by atoms with Crippen molar-refractivity contribution in [3.8, 4) is 0 Å². The monoisotopic (exact) mass is 186 g/mol. The lowest BCUT2D eigenvalue weighted by atomic mass is 10.1. The van der Waals surface area contributed by atoms with Gasteiger partial charge in [0.15, 0.2) is 0 Å². The van der Waals surface area contributed by atoms with E-state index in [0.717, 1.165) is 6.54 Å². The third-order valence-corrected chi connectivity index (χ3v) is 2.31. The van der Waals surface area contributed by atoms with E-state index in [1.54, 1.807) is 19.0 Å². The molecule has 0 radical (unpaired) electrons. The minimum atomic E-state index is 0.0856. The second-order valence-corrected chi connectivity index (χ2v) is 4.17. The Morgan fingerprint density at radius 1 is 1.15 bits per heavy atom. The van der Waals surface area contributed by atoms with Crippen molar-refractivity contribution in [2.24, 2.45) is 5.92 Å². The van der Waals surface area contributed by atoms with Gasteiger partial charge in [-0.15, -0.1) is 0 Å². The van der Waals surface area contributed by atoms with Crippen molar-refractivity contribution in [3.05, 3.63) is 0 Å². The summed E-state index contributed by atoms with van der Waals surface area (Å²) in [6, 6.07) is 0.498. The molecule has 1 unspecified atom stereocenters. The van der Waals surface area contributed by atoms with E-state index in [9.17, 15) is 4.79 Å². The van der Waals surface area contributed by atoms with Crippen molar-refractivity contribution in [3.63, 3.8) is 0 Å². The first kappa shape index (κ1) is 12.4. The lowest BCUT2D eigenvalue weighted by Crippen LogP contribution is -2.38. The molecule has 0 aromatic heterocycles. The molecule has 3 heteroatoms. The summed E-state index contributed by atoms with van der Waals surface area (Å²) >= 11 is 0. The zero-order valence-corrected chi connectivity index (χ0v) is 9.66. The largest absolute Gasteiger partial charge is 0.349 e. The summed E-state index contributed by atoms with van der Waals surface area (Å²) in [5.74, 6) is 0.287. The molecule has 0 aromatic carbocycles. The van der Waals surface area contributed by atoms with Crippen LogP contribution in [0.2, 0.25) is 0 Å². The van der Waals surface area contributed by atoms with Crippen LogP contribution in [-0.4, -0.2) is 49.4 Å². The van der Waals surface area contributed by atoms with E-state index in [0.29, 0.717) is 6.04 Å². The highest BCUT2D eigenvalue weighted by molar-refractivity contribution is 5.78. The summed E-state index contributed by atoms with van der Waals surface area (Å²) < 4.78 is 0. The maximum atomic E-state index is 11.5. The summed E-state index contributed by atoms with van der Waals surface area (Å²) in [5.41, 5.74) is 0. The lowest BCUT2D eigenvalue weighted by molar-refractivity contribution is -0.133. The summed E-state index contributed by atoms with van der Waals surface area (Å²) in [6.07, 6.45) is 0. The van der Waals surface area contributed by atoms with Crippen LogP contribution in [0.15, 0.2) is 0 Å². The van der Waals surface area contributed by atoms with Crippen molar-refractivity contribution in [2.45, 2.75) is 26.8 Å². The van der Waals surface area contributed by atoms with E-state index in [-0.39, 0.29) is 11.8 Å². The van der Waals surface area contributed by atoms with Gasteiger partial charge in [-0.25, -0.2) is 0 Å². The molecule has 0 fully saturated rings. The van der Waals surface area contributed by atoms with E-state index in [1.165, 1.54) is 0 Å². The molecule has 1 amide bonds. The summed E-state index contributed by atoms with van der Waals surface area (Å²) in [4.78, 5) is 15.3. The first-order valence-corrected chi connectivity index (χ1v) is 4.77. The molecule has 0 aliphatic rings. The zero-order chi connectivity index (χ0) is 10.6. The fourth-order valence-corrected chi connectivity index (χ4v) is 1.16. The molecule has 0 heterocycles. The molecule has 0 bridgehead atoms. The Labute approximate surface area is 81.7 Å². The summed E-state index contributed by atoms with van der Waals surface area (Å²) in [6.45, 7) is 7.07. The number of hydrogen-bond acceptors (Lipinski definition) is 2. The van der Waals surface area contributed by atoms with Crippen molar-refractivity contribution in [1.82, 2.24) is 9.80 Å². The Morgan fingerprint density at radius 2 is 1.62 bits per heavy atom. The van der Waals surface area contributed by atoms with Crippen molar-refractivity contribution in [2.75, 3.05) is 27.7 Å². The first-order chi connectivity index (χ1) is 5.86. The SMILES string of the molecule is CC(CN(C)C(C)C)C(=O)N(C)C. The predicted octanol–water partition coefficient (Wildman–Crippen LogP) is 1.05. The molecule has 78 valence electrons. The van der Waals surface area contributed by atoms with Gasteiger partial charge >= 0.3 is 0 Å². The number of nitrogens with zero attached hydrogens (tertiary/aromatic N) is 2. The van der Waals surface area contributed by atoms with Crippen LogP contribution in [0.1, 0.15) is 20.8 Å². The molecule has 0 aliphatic carbocycles. The van der Waals surface area contributed by atoms with Crippen LogP contribution in [0.25, 0.3) is 0 Å². The Balaban J connectivity index is 4.00. The van der Waals surface area contributed by atoms with Gasteiger partial charge in [-0.05, 0) is 20.9 Å². The number of hydrogen-bond donors (Lipinski definition) is 0. The average molecular weight is 186 g/mol. The summed E-state index contributed by atoms with van der Waals surface area (Å²) in [7, 11) is 5.65. The van der Waals surface area contributed by atoms with Crippen molar-refractivity contribution < 1.29 is 4.79 Å². The minimum absolute atomic E-state index is 0.0856. The van der Waals surface area contributed by atoms with Gasteiger partial charge in [0.25, 0.3) is 0 Å². The molecule has 0 aliphatic heterocycles. The quantitative estimate of drug-likeness (QED) is 0.655. The molecule has 3 nitrogen and oxygen atoms in total. The van der Waals surface area contributed by atoms with E-state index >= 15 is 0 Å². The third kappa shape index (κ3) is 4.27. The van der Waals surface area contributed by atoms with Gasteiger partial charge in [-0.1, -0.05) is 6.92 Å². The fraction of sp³-hybridized carbons (Fsp3) is 0.900. The van der Waals surface area contributed by atoms with Gasteiger partial charge in [0, 0.05) is 32.6 Å². The van der Waals surface area contributed by atoms with Crippen LogP contribution in [0, 0.1) is 5.92 Å². The molecule has 0 aromatic rings. The number of amides is 1.